The third-order valence-electron chi connectivity index (χ3n) is 2.92. The van der Waals surface area contributed by atoms with Crippen LogP contribution < -0.4 is 11.1 Å². The van der Waals surface area contributed by atoms with E-state index in [2.05, 4.69) is 15.3 Å². The number of nitriles is 1. The Morgan fingerprint density at radius 3 is 2.62 bits per heavy atom. The van der Waals surface area contributed by atoms with E-state index in [1.54, 1.807) is 6.20 Å². The highest BCUT2D eigenvalue weighted by Crippen LogP contribution is 2.20. The van der Waals surface area contributed by atoms with Gasteiger partial charge in [-0.05, 0) is 25.7 Å². The van der Waals surface area contributed by atoms with Crippen LogP contribution in [0.4, 0.5) is 5.82 Å². The third-order valence-corrected chi connectivity index (χ3v) is 2.92. The molecule has 84 valence electrons. The van der Waals surface area contributed by atoms with Gasteiger partial charge >= 0.3 is 0 Å². The molecule has 1 heterocycles. The average Bonchev–Trinajstić information content (AvgIpc) is 2.33. The Morgan fingerprint density at radius 1 is 1.25 bits per heavy atom. The first-order valence-corrected chi connectivity index (χ1v) is 5.53. The first kappa shape index (κ1) is 10.8. The van der Waals surface area contributed by atoms with Crippen molar-refractivity contribution in [3.8, 4) is 6.07 Å². The molecule has 0 amide bonds. The molecule has 0 aliphatic heterocycles. The number of hydrogen-bond acceptors (Lipinski definition) is 5. The van der Waals surface area contributed by atoms with Gasteiger partial charge in [0, 0.05) is 24.5 Å². The third kappa shape index (κ3) is 2.47. The number of nitrogens with one attached hydrogen (secondary N) is 1. The van der Waals surface area contributed by atoms with E-state index >= 15 is 0 Å². The van der Waals surface area contributed by atoms with Crippen LogP contribution in [0.5, 0.6) is 0 Å². The van der Waals surface area contributed by atoms with Crippen LogP contribution in [0.3, 0.4) is 0 Å². The number of nitrogens with zero attached hydrogens (tertiary/aromatic N) is 3. The zero-order valence-electron chi connectivity index (χ0n) is 9.06. The van der Waals surface area contributed by atoms with Crippen LogP contribution >= 0.6 is 0 Å². The molecule has 0 atom stereocenters. The molecule has 5 nitrogen and oxygen atoms in total. The largest absolute Gasteiger partial charge is 0.365 e. The minimum Gasteiger partial charge on any atom is -0.365 e. The molecule has 16 heavy (non-hydrogen) atoms. The maximum atomic E-state index is 8.88. The summed E-state index contributed by atoms with van der Waals surface area (Å²) in [5.74, 6) is 0.588. The van der Waals surface area contributed by atoms with Gasteiger partial charge in [0.1, 0.15) is 6.07 Å². The highest BCUT2D eigenvalue weighted by atomic mass is 15.0. The highest BCUT2D eigenvalue weighted by Gasteiger charge is 2.19. The van der Waals surface area contributed by atoms with Gasteiger partial charge in [0.25, 0.3) is 0 Å². The number of aromatic nitrogens is 2. The summed E-state index contributed by atoms with van der Waals surface area (Å²) in [4.78, 5) is 8.10. The van der Waals surface area contributed by atoms with Gasteiger partial charge in [0.15, 0.2) is 11.5 Å². The van der Waals surface area contributed by atoms with Gasteiger partial charge in [0.05, 0.1) is 0 Å². The van der Waals surface area contributed by atoms with Crippen LogP contribution in [-0.2, 0) is 0 Å². The second-order valence-corrected chi connectivity index (χ2v) is 4.12. The molecule has 1 aliphatic carbocycles. The molecule has 0 bridgehead atoms. The SMILES string of the molecule is N#Cc1nccnc1NC1CCC(N)CC1. The number of anilines is 1. The fourth-order valence-electron chi connectivity index (χ4n) is 1.98. The summed E-state index contributed by atoms with van der Waals surface area (Å²) in [6.45, 7) is 0. The van der Waals surface area contributed by atoms with E-state index in [-0.39, 0.29) is 0 Å². The second kappa shape index (κ2) is 4.90. The van der Waals surface area contributed by atoms with E-state index < -0.39 is 0 Å². The fraction of sp³-hybridized carbons (Fsp3) is 0.545. The van der Waals surface area contributed by atoms with E-state index in [1.807, 2.05) is 6.07 Å². The van der Waals surface area contributed by atoms with Gasteiger partial charge < -0.3 is 11.1 Å². The minimum absolute atomic E-state index is 0.329. The molecule has 1 aromatic heterocycles. The van der Waals surface area contributed by atoms with Gasteiger partial charge in [-0.2, -0.15) is 5.26 Å². The highest BCUT2D eigenvalue weighted by molar-refractivity contribution is 5.47. The topological polar surface area (TPSA) is 87.6 Å². The zero-order chi connectivity index (χ0) is 11.4. The van der Waals surface area contributed by atoms with Crippen molar-refractivity contribution in [3.63, 3.8) is 0 Å². The average molecular weight is 217 g/mol. The molecule has 0 spiro atoms. The molecule has 1 fully saturated rings. The van der Waals surface area contributed by atoms with Crippen molar-refractivity contribution in [2.24, 2.45) is 5.73 Å². The van der Waals surface area contributed by atoms with Crippen molar-refractivity contribution in [3.05, 3.63) is 18.1 Å². The predicted molar refractivity (Wildman–Crippen MR) is 60.6 cm³/mol. The summed E-state index contributed by atoms with van der Waals surface area (Å²) >= 11 is 0. The quantitative estimate of drug-likeness (QED) is 0.772. The summed E-state index contributed by atoms with van der Waals surface area (Å²) in [6.07, 6.45) is 7.24. The molecular weight excluding hydrogens is 202 g/mol. The standard InChI is InChI=1S/C11H15N5/c12-7-10-11(15-6-5-14-10)16-9-3-1-8(13)2-4-9/h5-6,8-9H,1-4,13H2,(H,15,16). The van der Waals surface area contributed by atoms with E-state index in [0.29, 0.717) is 23.6 Å². The van der Waals surface area contributed by atoms with Gasteiger partial charge in [0.2, 0.25) is 0 Å². The Labute approximate surface area is 94.7 Å². The summed E-state index contributed by atoms with van der Waals surface area (Å²) in [5.41, 5.74) is 6.20. The molecule has 0 radical (unpaired) electrons. The molecule has 3 N–H and O–H groups in total. The smallest absolute Gasteiger partial charge is 0.182 e. The van der Waals surface area contributed by atoms with Crippen molar-refractivity contribution >= 4 is 5.82 Å². The molecule has 2 rings (SSSR count). The van der Waals surface area contributed by atoms with Crippen molar-refractivity contribution in [2.45, 2.75) is 37.8 Å². The molecule has 1 aliphatic rings. The summed E-state index contributed by atoms with van der Waals surface area (Å²) in [5, 5.41) is 12.1. The molecule has 1 aromatic rings. The van der Waals surface area contributed by atoms with Crippen LogP contribution in [-0.4, -0.2) is 22.1 Å². The summed E-state index contributed by atoms with van der Waals surface area (Å²) < 4.78 is 0. The first-order chi connectivity index (χ1) is 7.79. The lowest BCUT2D eigenvalue weighted by atomic mass is 9.92. The second-order valence-electron chi connectivity index (χ2n) is 4.12. The number of hydrogen-bond donors (Lipinski definition) is 2. The van der Waals surface area contributed by atoms with Gasteiger partial charge in [-0.1, -0.05) is 0 Å². The molecule has 0 aromatic carbocycles. The summed E-state index contributed by atoms with van der Waals surface area (Å²) in [6, 6.07) is 2.73. The van der Waals surface area contributed by atoms with Crippen molar-refractivity contribution in [1.29, 1.82) is 5.26 Å². The van der Waals surface area contributed by atoms with Gasteiger partial charge in [-0.15, -0.1) is 0 Å². The zero-order valence-corrected chi connectivity index (χ0v) is 9.06. The molecular formula is C11H15N5. The van der Waals surface area contributed by atoms with Crippen LogP contribution in [0.25, 0.3) is 0 Å². The van der Waals surface area contributed by atoms with Crippen LogP contribution in [0.15, 0.2) is 12.4 Å². The van der Waals surface area contributed by atoms with Crippen molar-refractivity contribution in [1.82, 2.24) is 9.97 Å². The van der Waals surface area contributed by atoms with E-state index in [1.165, 1.54) is 6.20 Å². The van der Waals surface area contributed by atoms with Crippen LogP contribution in [0, 0.1) is 11.3 Å². The Bertz CT molecular complexity index is 390. The molecule has 0 saturated heterocycles. The molecule has 1 saturated carbocycles. The number of rotatable bonds is 2. The summed E-state index contributed by atoms with van der Waals surface area (Å²) in [7, 11) is 0. The Balaban J connectivity index is 2.01. The lowest BCUT2D eigenvalue weighted by Crippen LogP contribution is -2.33. The van der Waals surface area contributed by atoms with Crippen LogP contribution in [0.1, 0.15) is 31.4 Å². The van der Waals surface area contributed by atoms with Gasteiger partial charge in [-0.25, -0.2) is 9.97 Å². The minimum atomic E-state index is 0.329. The van der Waals surface area contributed by atoms with Crippen molar-refractivity contribution in [2.75, 3.05) is 5.32 Å². The van der Waals surface area contributed by atoms with Gasteiger partial charge in [-0.3, -0.25) is 0 Å². The van der Waals surface area contributed by atoms with E-state index in [4.69, 9.17) is 11.0 Å². The molecule has 5 heteroatoms. The normalized spacial score (nSPS) is 24.8. The fourth-order valence-corrected chi connectivity index (χ4v) is 1.98. The Hall–Kier alpha value is -1.67. The van der Waals surface area contributed by atoms with E-state index in [0.717, 1.165) is 25.7 Å². The lowest BCUT2D eigenvalue weighted by molar-refractivity contribution is 0.410. The first-order valence-electron chi connectivity index (χ1n) is 5.53. The van der Waals surface area contributed by atoms with Crippen LogP contribution in [0.2, 0.25) is 0 Å². The monoisotopic (exact) mass is 217 g/mol. The Morgan fingerprint density at radius 2 is 1.94 bits per heavy atom. The predicted octanol–water partition coefficient (Wildman–Crippen LogP) is 1.03. The maximum Gasteiger partial charge on any atom is 0.182 e. The van der Waals surface area contributed by atoms with Crippen molar-refractivity contribution < 1.29 is 0 Å². The Kier molecular flexibility index (Phi) is 3.32. The lowest BCUT2D eigenvalue weighted by Gasteiger charge is -2.27. The number of nitrogens with two attached hydrogens (primary N) is 1. The molecule has 0 unspecified atom stereocenters. The maximum absolute atomic E-state index is 8.88. The van der Waals surface area contributed by atoms with E-state index in [9.17, 15) is 0 Å².